The standard InChI is InChI=1S/C41H45N2O10P/c44-38(43-27-15-24-35(43)40(46)50-29-32-18-7-2-8-19-32)36(25-13-14-26-42-41(47)51-30-33-20-9-3-10-21-33)53-54(48,49)37(28-31-16-5-1-6-17-31)52-39(45)34-22-11-4-12-23-34/h1-12,16-23,35-37H,13-15,24-30H2,(H,42,47)(H,48,49)/t35-,36-,37?/m0/s1. The molecule has 0 bridgehead atoms. The molecule has 13 heteroatoms. The van der Waals surface area contributed by atoms with E-state index in [1.807, 2.05) is 60.7 Å². The van der Waals surface area contributed by atoms with Crippen molar-refractivity contribution in [3.8, 4) is 0 Å². The fourth-order valence-electron chi connectivity index (χ4n) is 5.98. The zero-order valence-electron chi connectivity index (χ0n) is 29.9. The third kappa shape index (κ3) is 12.1. The molecule has 2 amide bonds. The lowest BCUT2D eigenvalue weighted by Crippen LogP contribution is -2.47. The van der Waals surface area contributed by atoms with Crippen molar-refractivity contribution in [1.29, 1.82) is 0 Å². The van der Waals surface area contributed by atoms with Crippen molar-refractivity contribution in [1.82, 2.24) is 10.2 Å². The van der Waals surface area contributed by atoms with Crippen LogP contribution in [0.4, 0.5) is 4.79 Å². The third-order valence-electron chi connectivity index (χ3n) is 8.83. The topological polar surface area (TPSA) is 158 Å². The second kappa shape index (κ2) is 20.2. The van der Waals surface area contributed by atoms with Crippen molar-refractivity contribution < 1.29 is 47.4 Å². The summed E-state index contributed by atoms with van der Waals surface area (Å²) in [4.78, 5) is 65.7. The predicted octanol–water partition coefficient (Wildman–Crippen LogP) is 6.81. The Balaban J connectivity index is 1.28. The lowest BCUT2D eigenvalue weighted by molar-refractivity contribution is -0.156. The Morgan fingerprint density at radius 2 is 1.31 bits per heavy atom. The molecule has 5 rings (SSSR count). The van der Waals surface area contributed by atoms with Gasteiger partial charge in [0.25, 0.3) is 5.91 Å². The summed E-state index contributed by atoms with van der Waals surface area (Å²) in [5, 5.41) is 2.67. The molecule has 12 nitrogen and oxygen atoms in total. The van der Waals surface area contributed by atoms with Crippen molar-refractivity contribution in [2.24, 2.45) is 0 Å². The van der Waals surface area contributed by atoms with Gasteiger partial charge >= 0.3 is 25.6 Å². The third-order valence-corrected chi connectivity index (χ3v) is 10.4. The van der Waals surface area contributed by atoms with E-state index in [0.29, 0.717) is 31.2 Å². The summed E-state index contributed by atoms with van der Waals surface area (Å²) in [5.74, 6) is -3.74. The zero-order valence-corrected chi connectivity index (χ0v) is 30.8. The Morgan fingerprint density at radius 3 is 1.93 bits per heavy atom. The van der Waals surface area contributed by atoms with Gasteiger partial charge in [-0.15, -0.1) is 0 Å². The van der Waals surface area contributed by atoms with E-state index in [4.69, 9.17) is 18.7 Å². The Labute approximate surface area is 314 Å². The van der Waals surface area contributed by atoms with Gasteiger partial charge in [-0.2, -0.15) is 0 Å². The van der Waals surface area contributed by atoms with Crippen LogP contribution in [-0.2, 0) is 52.5 Å². The maximum absolute atomic E-state index is 14.2. The van der Waals surface area contributed by atoms with Crippen LogP contribution < -0.4 is 5.32 Å². The summed E-state index contributed by atoms with van der Waals surface area (Å²) in [7, 11) is -4.90. The van der Waals surface area contributed by atoms with Crippen molar-refractivity contribution in [3.63, 3.8) is 0 Å². The minimum atomic E-state index is -4.90. The number of benzene rings is 4. The van der Waals surface area contributed by atoms with Gasteiger partial charge in [-0.25, -0.2) is 14.4 Å². The van der Waals surface area contributed by atoms with E-state index >= 15 is 0 Å². The number of likely N-dealkylation sites (tertiary alicyclic amines) is 1. The minimum absolute atomic E-state index is 0.0265. The molecule has 1 saturated heterocycles. The smallest absolute Gasteiger partial charge is 0.407 e. The Kier molecular flexibility index (Phi) is 15.0. The number of unbranched alkanes of at least 4 members (excludes halogenated alkanes) is 1. The molecular weight excluding hydrogens is 711 g/mol. The predicted molar refractivity (Wildman–Crippen MR) is 200 cm³/mol. The Morgan fingerprint density at radius 1 is 0.759 bits per heavy atom. The highest BCUT2D eigenvalue weighted by Crippen LogP contribution is 2.51. The van der Waals surface area contributed by atoms with Crippen LogP contribution >= 0.6 is 7.60 Å². The van der Waals surface area contributed by atoms with E-state index in [0.717, 1.165) is 11.1 Å². The average Bonchev–Trinajstić information content (AvgIpc) is 3.70. The second-order valence-corrected chi connectivity index (χ2v) is 14.8. The van der Waals surface area contributed by atoms with Gasteiger partial charge in [0, 0.05) is 19.5 Å². The molecule has 0 spiro atoms. The summed E-state index contributed by atoms with van der Waals surface area (Å²) in [6.45, 7) is 0.547. The lowest BCUT2D eigenvalue weighted by Gasteiger charge is -2.30. The van der Waals surface area contributed by atoms with Crippen LogP contribution in [0.5, 0.6) is 0 Å². The van der Waals surface area contributed by atoms with E-state index in [1.54, 1.807) is 48.5 Å². The number of esters is 2. The SMILES string of the molecule is O=C(NCCCC[C@H](OP(=O)(O)C(Cc1ccccc1)OC(=O)c1ccccc1)C(=O)N1CCC[C@H]1C(=O)OCc1ccccc1)OCc1ccccc1. The fourth-order valence-corrected chi connectivity index (χ4v) is 7.35. The molecule has 0 aliphatic carbocycles. The second-order valence-electron chi connectivity index (χ2n) is 12.8. The molecule has 1 fully saturated rings. The molecular formula is C41H45N2O10P. The van der Waals surface area contributed by atoms with Gasteiger partial charge in [0.05, 0.1) is 5.56 Å². The van der Waals surface area contributed by atoms with Crippen LogP contribution in [-0.4, -0.2) is 64.8 Å². The van der Waals surface area contributed by atoms with Gasteiger partial charge in [-0.3, -0.25) is 13.9 Å². The van der Waals surface area contributed by atoms with Crippen molar-refractivity contribution in [2.45, 2.75) is 69.7 Å². The largest absolute Gasteiger partial charge is 0.459 e. The number of ether oxygens (including phenoxy) is 3. The number of nitrogens with zero attached hydrogens (tertiary/aromatic N) is 1. The zero-order chi connectivity index (χ0) is 38.2. The summed E-state index contributed by atoms with van der Waals surface area (Å²) in [6, 6.07) is 34.2. The molecule has 0 aromatic heterocycles. The van der Waals surface area contributed by atoms with E-state index in [1.165, 1.54) is 17.0 Å². The minimum Gasteiger partial charge on any atom is -0.459 e. The van der Waals surface area contributed by atoms with E-state index in [2.05, 4.69) is 5.32 Å². The molecule has 1 aliphatic heterocycles. The van der Waals surface area contributed by atoms with Crippen LogP contribution in [0, 0.1) is 0 Å². The number of amides is 2. The molecule has 4 aromatic carbocycles. The first-order chi connectivity index (χ1) is 26.2. The first-order valence-corrected chi connectivity index (χ1v) is 19.6. The fraction of sp³-hybridized carbons (Fsp3) is 0.317. The summed E-state index contributed by atoms with van der Waals surface area (Å²) >= 11 is 0. The highest BCUT2D eigenvalue weighted by atomic mass is 31.2. The van der Waals surface area contributed by atoms with E-state index < -0.39 is 49.5 Å². The molecule has 1 heterocycles. The molecule has 4 aromatic rings. The Hall–Kier alpha value is -5.29. The molecule has 4 atom stereocenters. The number of hydrogen-bond donors (Lipinski definition) is 2. The van der Waals surface area contributed by atoms with Gasteiger partial charge in [0.1, 0.15) is 25.4 Å². The van der Waals surface area contributed by atoms with Crippen molar-refractivity contribution >= 4 is 31.5 Å². The maximum Gasteiger partial charge on any atom is 0.407 e. The van der Waals surface area contributed by atoms with Crippen molar-refractivity contribution in [3.05, 3.63) is 144 Å². The van der Waals surface area contributed by atoms with Gasteiger partial charge in [-0.05, 0) is 60.9 Å². The molecule has 284 valence electrons. The number of nitrogens with one attached hydrogen (secondary N) is 1. The first-order valence-electron chi connectivity index (χ1n) is 18.0. The van der Waals surface area contributed by atoms with Crippen LogP contribution in [0.15, 0.2) is 121 Å². The van der Waals surface area contributed by atoms with Crippen LogP contribution in [0.2, 0.25) is 0 Å². The highest BCUT2D eigenvalue weighted by molar-refractivity contribution is 7.53. The van der Waals surface area contributed by atoms with Crippen molar-refractivity contribution in [2.75, 3.05) is 13.1 Å². The summed E-state index contributed by atoms with van der Waals surface area (Å²) in [5.41, 5.74) is 2.40. The monoisotopic (exact) mass is 756 g/mol. The normalized spacial score (nSPS) is 16.0. The summed E-state index contributed by atoms with van der Waals surface area (Å²) in [6.07, 6.45) is -0.757. The number of carbonyl (C=O) groups excluding carboxylic acids is 4. The number of hydrogen-bond acceptors (Lipinski definition) is 9. The molecule has 2 unspecified atom stereocenters. The molecule has 0 radical (unpaired) electrons. The van der Waals surface area contributed by atoms with Gasteiger partial charge in [-0.1, -0.05) is 109 Å². The maximum atomic E-state index is 14.2. The molecule has 0 saturated carbocycles. The van der Waals surface area contributed by atoms with Gasteiger partial charge in [0.2, 0.25) is 5.85 Å². The van der Waals surface area contributed by atoms with Crippen LogP contribution in [0.1, 0.15) is 59.2 Å². The molecule has 1 aliphatic rings. The Bertz CT molecular complexity index is 1850. The number of alkyl carbamates (subject to hydrolysis) is 1. The average molecular weight is 757 g/mol. The van der Waals surface area contributed by atoms with Crippen LogP contribution in [0.25, 0.3) is 0 Å². The van der Waals surface area contributed by atoms with Gasteiger partial charge < -0.3 is 29.3 Å². The van der Waals surface area contributed by atoms with E-state index in [9.17, 15) is 28.6 Å². The summed E-state index contributed by atoms with van der Waals surface area (Å²) < 4.78 is 36.5. The number of carbonyl (C=O) groups is 4. The first kappa shape index (κ1) is 39.9. The van der Waals surface area contributed by atoms with Gasteiger partial charge in [0.15, 0.2) is 0 Å². The van der Waals surface area contributed by atoms with Crippen LogP contribution in [0.3, 0.4) is 0 Å². The molecule has 54 heavy (non-hydrogen) atoms. The van der Waals surface area contributed by atoms with E-state index in [-0.39, 0.29) is 44.7 Å². The quantitative estimate of drug-likeness (QED) is 0.0478. The molecule has 2 N–H and O–H groups in total. The lowest BCUT2D eigenvalue weighted by atomic mass is 10.1. The highest BCUT2D eigenvalue weighted by Gasteiger charge is 2.44. The number of rotatable bonds is 18.